The largest absolute Gasteiger partial charge is 0.445 e. The molecule has 2 aromatic rings. The van der Waals surface area contributed by atoms with Gasteiger partial charge in [-0.05, 0) is 30.4 Å². The Bertz CT molecular complexity index is 896. The molecule has 0 spiro atoms. The summed E-state index contributed by atoms with van der Waals surface area (Å²) >= 11 is 0. The number of nitrogens with one attached hydrogen (secondary N) is 3. The Morgan fingerprint density at radius 1 is 1.12 bits per heavy atom. The van der Waals surface area contributed by atoms with Gasteiger partial charge in [0.1, 0.15) is 6.61 Å². The molecule has 3 N–H and O–H groups in total. The van der Waals surface area contributed by atoms with Crippen LogP contribution in [0.3, 0.4) is 0 Å². The van der Waals surface area contributed by atoms with Crippen LogP contribution < -0.4 is 10.7 Å². The molecule has 1 heterocycles. The van der Waals surface area contributed by atoms with Gasteiger partial charge in [-0.15, -0.1) is 0 Å². The molecule has 32 heavy (non-hydrogen) atoms. The lowest BCUT2D eigenvalue weighted by atomic mass is 10.0. The Labute approximate surface area is 186 Å². The first kappa shape index (κ1) is 23.0. The lowest BCUT2D eigenvalue weighted by molar-refractivity contribution is -0.527. The second kappa shape index (κ2) is 11.7. The second-order valence-electron chi connectivity index (χ2n) is 7.36. The van der Waals surface area contributed by atoms with Crippen molar-refractivity contribution in [2.45, 2.75) is 38.1 Å². The number of piperidine rings is 1. The van der Waals surface area contributed by atoms with Crippen LogP contribution >= 0.6 is 0 Å². The predicted molar refractivity (Wildman–Crippen MR) is 117 cm³/mol. The smallest absolute Gasteiger partial charge is 0.407 e. The number of carbonyl (C=O) groups excluding carboxylic acids is 1. The summed E-state index contributed by atoms with van der Waals surface area (Å²) in [5.74, 6) is -0.385. The van der Waals surface area contributed by atoms with Crippen LogP contribution in [0.15, 0.2) is 60.7 Å². The van der Waals surface area contributed by atoms with E-state index in [2.05, 4.69) is 5.32 Å². The van der Waals surface area contributed by atoms with Crippen molar-refractivity contribution in [1.29, 1.82) is 5.41 Å². The molecular weight excluding hydrogens is 414 g/mol. The number of nitrogens with zero attached hydrogens (tertiary/aromatic N) is 2. The molecule has 0 aliphatic carbocycles. The number of hydrazine groups is 1. The van der Waals surface area contributed by atoms with E-state index in [1.165, 1.54) is 4.90 Å². The Hall–Kier alpha value is -3.66. The predicted octanol–water partition coefficient (Wildman–Crippen LogP) is 2.68. The van der Waals surface area contributed by atoms with Crippen molar-refractivity contribution in [3.63, 3.8) is 0 Å². The number of amides is 1. The summed E-state index contributed by atoms with van der Waals surface area (Å²) in [6.07, 6.45) is 0.512. The summed E-state index contributed by atoms with van der Waals surface area (Å²) < 4.78 is 11.3. The summed E-state index contributed by atoms with van der Waals surface area (Å²) in [5.41, 5.74) is 3.82. The first-order chi connectivity index (χ1) is 15.5. The quantitative estimate of drug-likeness (QED) is 0.248. The molecule has 0 aromatic heterocycles. The van der Waals surface area contributed by atoms with Crippen molar-refractivity contribution in [1.82, 2.24) is 15.6 Å². The number of hydrogen-bond donors (Lipinski definition) is 3. The monoisotopic (exact) mass is 441 g/mol. The molecular formula is C22H27N5O5. The maximum atomic E-state index is 12.4. The number of nitro groups is 1. The Morgan fingerprint density at radius 2 is 1.78 bits per heavy atom. The minimum Gasteiger partial charge on any atom is -0.445 e. The zero-order chi connectivity index (χ0) is 22.8. The third-order valence-corrected chi connectivity index (χ3v) is 5.09. The van der Waals surface area contributed by atoms with Gasteiger partial charge in [-0.2, -0.15) is 0 Å². The average Bonchev–Trinajstić information content (AvgIpc) is 2.79. The third kappa shape index (κ3) is 6.95. The molecule has 0 radical (unpaired) electrons. The van der Waals surface area contributed by atoms with E-state index in [-0.39, 0.29) is 12.6 Å². The molecule has 2 atom stereocenters. The molecule has 170 valence electrons. The number of hydrogen-bond acceptors (Lipinski definition) is 6. The molecule has 3 rings (SSSR count). The Kier molecular flexibility index (Phi) is 8.38. The highest BCUT2D eigenvalue weighted by atomic mass is 16.7. The van der Waals surface area contributed by atoms with Gasteiger partial charge in [0, 0.05) is 6.54 Å². The highest BCUT2D eigenvalue weighted by Gasteiger charge is 2.36. The van der Waals surface area contributed by atoms with E-state index in [1.807, 2.05) is 66.1 Å². The summed E-state index contributed by atoms with van der Waals surface area (Å²) in [4.78, 5) is 24.7. The summed E-state index contributed by atoms with van der Waals surface area (Å²) in [6, 6.07) is 18.6. The number of alkyl carbamates (subject to hydrolysis) is 1. The maximum Gasteiger partial charge on any atom is 0.407 e. The van der Waals surface area contributed by atoms with Gasteiger partial charge >= 0.3 is 6.09 Å². The van der Waals surface area contributed by atoms with E-state index in [4.69, 9.17) is 14.9 Å². The van der Waals surface area contributed by atoms with Crippen LogP contribution in [0.2, 0.25) is 0 Å². The topological polar surface area (TPSA) is 130 Å². The van der Waals surface area contributed by atoms with Gasteiger partial charge in [-0.1, -0.05) is 66.1 Å². The zero-order valence-electron chi connectivity index (χ0n) is 17.6. The third-order valence-electron chi connectivity index (χ3n) is 5.09. The maximum absolute atomic E-state index is 12.4. The van der Waals surface area contributed by atoms with Crippen molar-refractivity contribution in [3.8, 4) is 0 Å². The van der Waals surface area contributed by atoms with Gasteiger partial charge in [-0.3, -0.25) is 5.41 Å². The number of guanidine groups is 1. The number of benzene rings is 2. The minimum absolute atomic E-state index is 0.126. The van der Waals surface area contributed by atoms with Crippen LogP contribution in [0.4, 0.5) is 4.79 Å². The van der Waals surface area contributed by atoms with Gasteiger partial charge in [0.05, 0.1) is 12.6 Å². The van der Waals surface area contributed by atoms with E-state index in [1.54, 1.807) is 0 Å². The fourth-order valence-corrected chi connectivity index (χ4v) is 3.57. The molecule has 0 unspecified atom stereocenters. The first-order valence-corrected chi connectivity index (χ1v) is 10.4. The molecule has 2 aromatic carbocycles. The van der Waals surface area contributed by atoms with Crippen molar-refractivity contribution >= 4 is 12.1 Å². The van der Waals surface area contributed by atoms with E-state index in [0.717, 1.165) is 11.1 Å². The van der Waals surface area contributed by atoms with Gasteiger partial charge in [-0.25, -0.2) is 14.9 Å². The van der Waals surface area contributed by atoms with Gasteiger partial charge in [0.2, 0.25) is 0 Å². The van der Waals surface area contributed by atoms with E-state index in [9.17, 15) is 14.9 Å². The van der Waals surface area contributed by atoms with Crippen LogP contribution in [0.1, 0.15) is 24.0 Å². The molecule has 1 saturated heterocycles. The van der Waals surface area contributed by atoms with Gasteiger partial charge in [0.15, 0.2) is 11.3 Å². The Morgan fingerprint density at radius 3 is 2.44 bits per heavy atom. The number of rotatable bonds is 8. The first-order valence-electron chi connectivity index (χ1n) is 10.4. The molecule has 0 saturated carbocycles. The van der Waals surface area contributed by atoms with Crippen LogP contribution in [0.25, 0.3) is 0 Å². The van der Waals surface area contributed by atoms with Crippen molar-refractivity contribution in [3.05, 3.63) is 81.9 Å². The zero-order valence-corrected chi connectivity index (χ0v) is 17.6. The minimum atomic E-state index is -0.783. The van der Waals surface area contributed by atoms with E-state index in [0.29, 0.717) is 32.4 Å². The molecule has 1 fully saturated rings. The van der Waals surface area contributed by atoms with Crippen molar-refractivity contribution in [2.24, 2.45) is 0 Å². The molecule has 10 heteroatoms. The van der Waals surface area contributed by atoms with E-state index < -0.39 is 23.4 Å². The highest BCUT2D eigenvalue weighted by molar-refractivity contribution is 5.76. The van der Waals surface area contributed by atoms with Crippen LogP contribution in [-0.2, 0) is 22.5 Å². The normalized spacial score (nSPS) is 17.9. The lowest BCUT2D eigenvalue weighted by Crippen LogP contribution is -2.61. The van der Waals surface area contributed by atoms with Gasteiger partial charge < -0.3 is 19.7 Å². The SMILES string of the molecule is N=C(N[N+](=O)[O-])N1CCC[C@H](NC(=O)OCc2ccccc2)[C@H]1OCCc1ccccc1. The summed E-state index contributed by atoms with van der Waals surface area (Å²) in [5, 5.41) is 20.9. The summed E-state index contributed by atoms with van der Waals surface area (Å²) in [7, 11) is 0. The lowest BCUT2D eigenvalue weighted by Gasteiger charge is -2.41. The summed E-state index contributed by atoms with van der Waals surface area (Å²) in [6.45, 7) is 0.850. The molecule has 0 bridgehead atoms. The van der Waals surface area contributed by atoms with Crippen LogP contribution in [-0.4, -0.2) is 47.4 Å². The van der Waals surface area contributed by atoms with Crippen LogP contribution in [0.5, 0.6) is 0 Å². The van der Waals surface area contributed by atoms with Crippen molar-refractivity contribution < 1.29 is 19.3 Å². The molecule has 10 nitrogen and oxygen atoms in total. The number of carbonyl (C=O) groups is 1. The Balaban J connectivity index is 1.62. The molecule has 1 aliphatic heterocycles. The van der Waals surface area contributed by atoms with Crippen molar-refractivity contribution in [2.75, 3.05) is 13.2 Å². The molecule has 1 amide bonds. The molecule has 1 aliphatic rings. The highest BCUT2D eigenvalue weighted by Crippen LogP contribution is 2.20. The standard InChI is InChI=1S/C22H27N5O5/c23-21(25-27(29)30)26-14-7-12-19(20(26)31-15-13-17-8-3-1-4-9-17)24-22(28)32-16-18-10-5-2-6-11-18/h1-6,8-11,19-20H,7,12-16H2,(H2,23,25)(H,24,28)/t19-,20+/m0/s1. The second-order valence-corrected chi connectivity index (χ2v) is 7.36. The fraction of sp³-hybridized carbons (Fsp3) is 0.364. The van der Waals surface area contributed by atoms with E-state index >= 15 is 0 Å². The number of ether oxygens (including phenoxy) is 2. The number of likely N-dealkylation sites (tertiary alicyclic amines) is 1. The van der Waals surface area contributed by atoms with Crippen LogP contribution in [0, 0.1) is 15.5 Å². The van der Waals surface area contributed by atoms with Gasteiger partial charge in [0.25, 0.3) is 5.96 Å². The fourth-order valence-electron chi connectivity index (χ4n) is 3.57. The average molecular weight is 441 g/mol.